The van der Waals surface area contributed by atoms with Gasteiger partial charge >= 0.3 is 0 Å². The molecule has 0 saturated heterocycles. The van der Waals surface area contributed by atoms with Gasteiger partial charge in [0.25, 0.3) is 5.91 Å². The van der Waals surface area contributed by atoms with Crippen molar-refractivity contribution in [2.75, 3.05) is 12.8 Å². The van der Waals surface area contributed by atoms with Crippen molar-refractivity contribution in [3.63, 3.8) is 0 Å². The molecular formula is C26H31N3O3. The number of hydrogen-bond acceptors (Lipinski definition) is 5. The van der Waals surface area contributed by atoms with Gasteiger partial charge in [0.05, 0.1) is 17.9 Å². The Labute approximate surface area is 189 Å². The molecule has 3 rings (SSSR count). The maximum Gasteiger partial charge on any atom is 0.255 e. The molecule has 3 aromatic rings. The topological polar surface area (TPSA) is 86.5 Å². The zero-order valence-corrected chi connectivity index (χ0v) is 18.9. The van der Waals surface area contributed by atoms with Crippen LogP contribution in [0.4, 0.5) is 5.82 Å². The lowest BCUT2D eigenvalue weighted by Gasteiger charge is -2.13. The number of nitrogens with zero attached hydrogens (tertiary/aromatic N) is 1. The van der Waals surface area contributed by atoms with Gasteiger partial charge in [-0.3, -0.25) is 4.79 Å². The molecule has 0 spiro atoms. The highest BCUT2D eigenvalue weighted by molar-refractivity contribution is 5.98. The molecular weight excluding hydrogens is 402 g/mol. The summed E-state index contributed by atoms with van der Waals surface area (Å²) in [6, 6.07) is 19.3. The highest BCUT2D eigenvalue weighted by Crippen LogP contribution is 2.27. The van der Waals surface area contributed by atoms with Crippen LogP contribution in [0.3, 0.4) is 0 Å². The number of methoxy groups -OCH3 is 1. The van der Waals surface area contributed by atoms with Crippen LogP contribution in [0.2, 0.25) is 0 Å². The first kappa shape index (κ1) is 23.3. The minimum absolute atomic E-state index is 0.191. The fraction of sp³-hybridized carbons (Fsp3) is 0.308. The molecule has 1 atom stereocenters. The van der Waals surface area contributed by atoms with E-state index in [1.54, 1.807) is 19.2 Å². The highest BCUT2D eigenvalue weighted by Gasteiger charge is 2.12. The minimum Gasteiger partial charge on any atom is -0.457 e. The Balaban J connectivity index is 1.57. The van der Waals surface area contributed by atoms with E-state index in [0.717, 1.165) is 29.9 Å². The second-order valence-electron chi connectivity index (χ2n) is 7.86. The lowest BCUT2D eigenvalue weighted by molar-refractivity contribution is 0.0951. The molecule has 1 unspecified atom stereocenters. The van der Waals surface area contributed by atoms with Crippen LogP contribution in [0.15, 0.2) is 60.7 Å². The van der Waals surface area contributed by atoms with E-state index in [1.165, 1.54) is 5.56 Å². The predicted molar refractivity (Wildman–Crippen MR) is 127 cm³/mol. The Morgan fingerprint density at radius 3 is 2.56 bits per heavy atom. The van der Waals surface area contributed by atoms with Crippen molar-refractivity contribution in [3.05, 3.63) is 83.0 Å². The lowest BCUT2D eigenvalue weighted by atomic mass is 9.96. The Morgan fingerprint density at radius 1 is 1.09 bits per heavy atom. The minimum atomic E-state index is -0.266. The first-order valence-electron chi connectivity index (χ1n) is 10.9. The van der Waals surface area contributed by atoms with Crippen LogP contribution < -0.4 is 15.8 Å². The summed E-state index contributed by atoms with van der Waals surface area (Å²) in [5.41, 5.74) is 9.19. The first-order chi connectivity index (χ1) is 15.5. The number of carbonyl (C=O) groups excluding carboxylic acids is 1. The van der Waals surface area contributed by atoms with Crippen molar-refractivity contribution < 1.29 is 14.3 Å². The average molecular weight is 434 g/mol. The number of amides is 1. The summed E-state index contributed by atoms with van der Waals surface area (Å²) in [4.78, 5) is 16.7. The van der Waals surface area contributed by atoms with E-state index < -0.39 is 0 Å². The number of hydrogen-bond donors (Lipinski definition) is 2. The van der Waals surface area contributed by atoms with Crippen LogP contribution >= 0.6 is 0 Å². The van der Waals surface area contributed by atoms with Gasteiger partial charge in [0.15, 0.2) is 0 Å². The van der Waals surface area contributed by atoms with Gasteiger partial charge in [0, 0.05) is 13.7 Å². The number of nitrogen functional groups attached to an aromatic ring is 1. The van der Waals surface area contributed by atoms with Crippen LogP contribution in [0.25, 0.3) is 0 Å². The van der Waals surface area contributed by atoms with E-state index >= 15 is 0 Å². The molecule has 3 N–H and O–H groups in total. The molecule has 6 heteroatoms. The quantitative estimate of drug-likeness (QED) is 0.445. The van der Waals surface area contributed by atoms with E-state index in [0.29, 0.717) is 30.3 Å². The largest absolute Gasteiger partial charge is 0.457 e. The summed E-state index contributed by atoms with van der Waals surface area (Å²) in [5, 5.41) is 2.88. The predicted octanol–water partition coefficient (Wildman–Crippen LogP) is 5.44. The standard InChI is InChI=1S/C26H31N3O3/c1-4-6-18(2)20-7-5-8-23(15-20)32-22-12-9-19(10-13-22)16-28-26(30)24-14-11-21(17-31-3)29-25(24)27/h5,7-15,18H,4,6,16-17H2,1-3H3,(H2,27,29)(H,28,30). The summed E-state index contributed by atoms with van der Waals surface area (Å²) >= 11 is 0. The monoisotopic (exact) mass is 433 g/mol. The Morgan fingerprint density at radius 2 is 1.88 bits per heavy atom. The maximum absolute atomic E-state index is 12.5. The SMILES string of the molecule is CCCC(C)c1cccc(Oc2ccc(CNC(=O)c3ccc(COC)nc3N)cc2)c1. The van der Waals surface area contributed by atoms with Gasteiger partial charge < -0.3 is 20.5 Å². The third-order valence-electron chi connectivity index (χ3n) is 5.28. The second-order valence-corrected chi connectivity index (χ2v) is 7.86. The summed E-state index contributed by atoms with van der Waals surface area (Å²) in [5.74, 6) is 2.01. The Bertz CT molecular complexity index is 1030. The molecule has 6 nitrogen and oxygen atoms in total. The molecule has 0 aliphatic heterocycles. The first-order valence-corrected chi connectivity index (χ1v) is 10.9. The molecule has 32 heavy (non-hydrogen) atoms. The highest BCUT2D eigenvalue weighted by atomic mass is 16.5. The van der Waals surface area contributed by atoms with Crippen molar-refractivity contribution in [2.45, 2.75) is 45.8 Å². The van der Waals surface area contributed by atoms with Crippen molar-refractivity contribution >= 4 is 11.7 Å². The smallest absolute Gasteiger partial charge is 0.255 e. The van der Waals surface area contributed by atoms with E-state index in [1.807, 2.05) is 36.4 Å². The van der Waals surface area contributed by atoms with E-state index in [2.05, 4.69) is 36.3 Å². The molecule has 0 radical (unpaired) electrons. The number of benzene rings is 2. The van der Waals surface area contributed by atoms with Crippen molar-refractivity contribution in [2.24, 2.45) is 0 Å². The molecule has 0 saturated carbocycles. The number of rotatable bonds is 10. The number of carbonyl (C=O) groups is 1. The summed E-state index contributed by atoms with van der Waals surface area (Å²) in [7, 11) is 1.58. The van der Waals surface area contributed by atoms with Crippen LogP contribution in [0.5, 0.6) is 11.5 Å². The third-order valence-corrected chi connectivity index (χ3v) is 5.28. The van der Waals surface area contributed by atoms with Crippen LogP contribution in [0, 0.1) is 0 Å². The van der Waals surface area contributed by atoms with Crippen molar-refractivity contribution in [1.29, 1.82) is 0 Å². The van der Waals surface area contributed by atoms with Crippen LogP contribution in [-0.2, 0) is 17.9 Å². The zero-order chi connectivity index (χ0) is 22.9. The number of nitrogens with one attached hydrogen (secondary N) is 1. The van der Waals surface area contributed by atoms with Gasteiger partial charge in [-0.05, 0) is 59.9 Å². The van der Waals surface area contributed by atoms with Gasteiger partial charge in [-0.15, -0.1) is 0 Å². The van der Waals surface area contributed by atoms with Crippen molar-refractivity contribution in [1.82, 2.24) is 10.3 Å². The van der Waals surface area contributed by atoms with E-state index in [4.69, 9.17) is 15.2 Å². The maximum atomic E-state index is 12.5. The molecule has 0 bridgehead atoms. The molecule has 168 valence electrons. The summed E-state index contributed by atoms with van der Waals surface area (Å²) < 4.78 is 11.1. The van der Waals surface area contributed by atoms with Gasteiger partial charge in [-0.1, -0.05) is 44.5 Å². The second kappa shape index (κ2) is 11.3. The number of nitrogens with two attached hydrogens (primary N) is 1. The summed E-state index contributed by atoms with van der Waals surface area (Å²) in [6.07, 6.45) is 2.31. The van der Waals surface area contributed by atoms with Crippen LogP contribution in [0.1, 0.15) is 59.8 Å². The normalized spacial score (nSPS) is 11.7. The molecule has 1 aromatic heterocycles. The molecule has 1 heterocycles. The Hall–Kier alpha value is -3.38. The number of aromatic nitrogens is 1. The number of ether oxygens (including phenoxy) is 2. The Kier molecular flexibility index (Phi) is 8.22. The lowest BCUT2D eigenvalue weighted by Crippen LogP contribution is -2.24. The van der Waals surface area contributed by atoms with Crippen molar-refractivity contribution in [3.8, 4) is 11.5 Å². The molecule has 0 aliphatic rings. The third kappa shape index (κ3) is 6.31. The van der Waals surface area contributed by atoms with Gasteiger partial charge in [0.1, 0.15) is 17.3 Å². The molecule has 1 amide bonds. The molecule has 0 aliphatic carbocycles. The molecule has 2 aromatic carbocycles. The summed E-state index contributed by atoms with van der Waals surface area (Å²) in [6.45, 7) is 5.17. The number of pyridine rings is 1. The van der Waals surface area contributed by atoms with Gasteiger partial charge in [0.2, 0.25) is 0 Å². The molecule has 0 fully saturated rings. The zero-order valence-electron chi connectivity index (χ0n) is 18.9. The van der Waals surface area contributed by atoms with E-state index in [9.17, 15) is 4.79 Å². The fourth-order valence-corrected chi connectivity index (χ4v) is 3.51. The van der Waals surface area contributed by atoms with Crippen LogP contribution in [-0.4, -0.2) is 18.0 Å². The average Bonchev–Trinajstić information content (AvgIpc) is 2.79. The van der Waals surface area contributed by atoms with E-state index in [-0.39, 0.29) is 11.7 Å². The van der Waals surface area contributed by atoms with Gasteiger partial charge in [-0.25, -0.2) is 4.98 Å². The fourth-order valence-electron chi connectivity index (χ4n) is 3.51. The van der Waals surface area contributed by atoms with Gasteiger partial charge in [-0.2, -0.15) is 0 Å². The number of anilines is 1.